The maximum Gasteiger partial charge on any atom is 0.328 e. The van der Waals surface area contributed by atoms with Crippen LogP contribution in [0.25, 0.3) is 0 Å². The molecule has 0 fully saturated rings. The number of hydrogen-bond donors (Lipinski definition) is 5. The molecule has 0 heterocycles. The summed E-state index contributed by atoms with van der Waals surface area (Å²) < 4.78 is 5.75. The Bertz CT molecular complexity index is 757. The lowest BCUT2D eigenvalue weighted by Gasteiger charge is -2.19. The summed E-state index contributed by atoms with van der Waals surface area (Å²) in [6.07, 6.45) is 0.558. The predicted molar refractivity (Wildman–Crippen MR) is 114 cm³/mol. The number of carboxylic acids is 2. The van der Waals surface area contributed by atoms with E-state index in [1.54, 1.807) is 0 Å². The fourth-order valence-electron chi connectivity index (χ4n) is 2.32. The number of ether oxygens (including phenoxy) is 1. The van der Waals surface area contributed by atoms with Crippen molar-refractivity contribution in [1.82, 2.24) is 5.32 Å². The number of carbonyl (C=O) groups is 3. The van der Waals surface area contributed by atoms with Gasteiger partial charge in [0.2, 0.25) is 5.91 Å². The van der Waals surface area contributed by atoms with Crippen molar-refractivity contribution < 1.29 is 34.4 Å². The Balaban J connectivity index is 0.000000890. The molecule has 0 saturated heterocycles. The summed E-state index contributed by atoms with van der Waals surface area (Å²) in [6, 6.07) is 2.23. The highest BCUT2D eigenvalue weighted by Gasteiger charge is 2.13. The van der Waals surface area contributed by atoms with Crippen molar-refractivity contribution in [3.05, 3.63) is 34.9 Å². The molecule has 5 N–H and O–H groups in total. The Morgan fingerprint density at radius 2 is 1.60 bits per heavy atom. The summed E-state index contributed by atoms with van der Waals surface area (Å²) in [4.78, 5) is 30.4. The van der Waals surface area contributed by atoms with Gasteiger partial charge in [0.05, 0.1) is 0 Å². The zero-order valence-corrected chi connectivity index (χ0v) is 18.3. The van der Waals surface area contributed by atoms with Gasteiger partial charge in [0.15, 0.2) is 0 Å². The fraction of sp³-hybridized carbons (Fsp3) is 0.476. The van der Waals surface area contributed by atoms with E-state index in [0.717, 1.165) is 28.1 Å². The summed E-state index contributed by atoms with van der Waals surface area (Å²) in [7, 11) is 0. The highest BCUT2D eigenvalue weighted by Crippen LogP contribution is 2.31. The summed E-state index contributed by atoms with van der Waals surface area (Å²) in [6.45, 7) is 12.1. The smallest absolute Gasteiger partial charge is 0.328 e. The maximum absolute atomic E-state index is 11.3. The normalized spacial score (nSPS) is 11.6. The monoisotopic (exact) mass is 424 g/mol. The highest BCUT2D eigenvalue weighted by atomic mass is 16.5. The molecule has 0 radical (unpaired) electrons. The van der Waals surface area contributed by atoms with Crippen LogP contribution >= 0.6 is 0 Å². The van der Waals surface area contributed by atoms with Crippen molar-refractivity contribution in [2.45, 2.75) is 53.7 Å². The van der Waals surface area contributed by atoms with E-state index < -0.39 is 18.0 Å². The molecular weight excluding hydrogens is 392 g/mol. The number of carbonyl (C=O) groups excluding carboxylic acids is 1. The van der Waals surface area contributed by atoms with Crippen LogP contribution in [0.2, 0.25) is 0 Å². The van der Waals surface area contributed by atoms with Gasteiger partial charge < -0.3 is 30.7 Å². The number of nitrogens with one attached hydrogen (secondary N) is 2. The van der Waals surface area contributed by atoms with Crippen LogP contribution < -0.4 is 15.4 Å². The van der Waals surface area contributed by atoms with Crippen LogP contribution in [0.15, 0.2) is 18.2 Å². The molecule has 1 aromatic rings. The lowest BCUT2D eigenvalue weighted by molar-refractivity contribution is -0.134. The summed E-state index contributed by atoms with van der Waals surface area (Å²) >= 11 is 0. The van der Waals surface area contributed by atoms with E-state index >= 15 is 0 Å². The number of rotatable bonds is 9. The number of carboxylic acid groups (broad SMARTS) is 2. The Morgan fingerprint density at radius 3 is 2.03 bits per heavy atom. The van der Waals surface area contributed by atoms with Crippen LogP contribution in [0, 0.1) is 20.8 Å². The van der Waals surface area contributed by atoms with E-state index in [1.165, 1.54) is 6.92 Å². The van der Waals surface area contributed by atoms with Gasteiger partial charge >= 0.3 is 11.9 Å². The van der Waals surface area contributed by atoms with Gasteiger partial charge in [-0.05, 0) is 43.5 Å². The average Bonchev–Trinajstić information content (AvgIpc) is 2.64. The Kier molecular flexibility index (Phi) is 12.0. The number of aliphatic hydroxyl groups is 1. The topological polar surface area (TPSA) is 145 Å². The lowest BCUT2D eigenvalue weighted by Crippen LogP contribution is -2.35. The molecule has 0 aromatic heterocycles. The molecule has 9 heteroatoms. The molecule has 0 spiro atoms. The first kappa shape index (κ1) is 27.1. The van der Waals surface area contributed by atoms with Crippen molar-refractivity contribution in [2.24, 2.45) is 0 Å². The molecule has 1 aromatic carbocycles. The van der Waals surface area contributed by atoms with E-state index in [2.05, 4.69) is 10.6 Å². The third-order valence-corrected chi connectivity index (χ3v) is 3.91. The Morgan fingerprint density at radius 1 is 1.07 bits per heavy atom. The summed E-state index contributed by atoms with van der Waals surface area (Å²) in [5.41, 5.74) is 3.74. The van der Waals surface area contributed by atoms with Gasteiger partial charge in [0, 0.05) is 37.3 Å². The minimum atomic E-state index is -1.26. The van der Waals surface area contributed by atoms with Crippen LogP contribution in [0.3, 0.4) is 0 Å². The Hall–Kier alpha value is -2.91. The van der Waals surface area contributed by atoms with Crippen LogP contribution in [0.5, 0.6) is 5.75 Å². The number of hydrogen-bond acceptors (Lipinski definition) is 6. The second kappa shape index (κ2) is 13.3. The maximum atomic E-state index is 11.3. The first-order chi connectivity index (χ1) is 13.8. The van der Waals surface area contributed by atoms with Crippen LogP contribution in [-0.4, -0.2) is 58.5 Å². The average molecular weight is 424 g/mol. The molecule has 0 aliphatic carbocycles. The Labute approximate surface area is 176 Å². The third-order valence-electron chi connectivity index (χ3n) is 3.91. The molecule has 1 atom stereocenters. The van der Waals surface area contributed by atoms with Crippen molar-refractivity contribution >= 4 is 23.5 Å². The van der Waals surface area contributed by atoms with E-state index in [9.17, 15) is 19.5 Å². The molecule has 1 rings (SSSR count). The SMILES string of the molecule is CC(=O)Nc1c(C)cc(OCC(O)CNC(C)C)c(C)c1C.O=C(O)/C=C/C(=O)O. The van der Waals surface area contributed by atoms with Crippen molar-refractivity contribution in [3.8, 4) is 5.75 Å². The number of anilines is 1. The first-order valence-corrected chi connectivity index (χ1v) is 9.41. The van der Waals surface area contributed by atoms with Crippen LogP contribution in [0.1, 0.15) is 37.5 Å². The second-order valence-electron chi connectivity index (χ2n) is 7.04. The zero-order chi connectivity index (χ0) is 23.4. The molecule has 9 nitrogen and oxygen atoms in total. The molecule has 168 valence electrons. The number of amides is 1. The lowest BCUT2D eigenvalue weighted by atomic mass is 10.0. The third kappa shape index (κ3) is 11.2. The summed E-state index contributed by atoms with van der Waals surface area (Å²) in [5.74, 6) is -1.86. The van der Waals surface area contributed by atoms with Gasteiger partial charge in [0.25, 0.3) is 0 Å². The fourth-order valence-corrected chi connectivity index (χ4v) is 2.32. The van der Waals surface area contributed by atoms with E-state index in [-0.39, 0.29) is 12.5 Å². The van der Waals surface area contributed by atoms with Crippen molar-refractivity contribution in [1.29, 1.82) is 0 Å². The van der Waals surface area contributed by atoms with E-state index in [4.69, 9.17) is 14.9 Å². The minimum absolute atomic E-state index is 0.0885. The standard InChI is InChI=1S/C17H28N2O3.C4H4O4/c1-10(2)18-8-15(21)9-22-16-7-11(3)17(19-14(6)20)13(5)12(16)4;5-3(6)1-2-4(7)8/h7,10,15,18,21H,8-9H2,1-6H3,(H,19,20);1-2H,(H,5,6)(H,7,8)/b;2-1+. The minimum Gasteiger partial charge on any atom is -0.491 e. The van der Waals surface area contributed by atoms with Crippen molar-refractivity contribution in [3.63, 3.8) is 0 Å². The number of aryl methyl sites for hydroxylation is 1. The number of aliphatic carboxylic acids is 2. The zero-order valence-electron chi connectivity index (χ0n) is 18.3. The van der Waals surface area contributed by atoms with Crippen molar-refractivity contribution in [2.75, 3.05) is 18.5 Å². The number of benzene rings is 1. The largest absolute Gasteiger partial charge is 0.491 e. The summed E-state index contributed by atoms with van der Waals surface area (Å²) in [5, 5.41) is 31.6. The first-order valence-electron chi connectivity index (χ1n) is 9.41. The van der Waals surface area contributed by atoms with Crippen LogP contribution in [-0.2, 0) is 14.4 Å². The van der Waals surface area contributed by atoms with Gasteiger partial charge in [-0.15, -0.1) is 0 Å². The molecule has 1 amide bonds. The number of aliphatic hydroxyl groups excluding tert-OH is 1. The highest BCUT2D eigenvalue weighted by molar-refractivity contribution is 5.91. The quantitative estimate of drug-likeness (QED) is 0.379. The van der Waals surface area contributed by atoms with Crippen LogP contribution in [0.4, 0.5) is 5.69 Å². The molecule has 1 unspecified atom stereocenters. The van der Waals surface area contributed by atoms with Gasteiger partial charge in [-0.2, -0.15) is 0 Å². The molecule has 0 bridgehead atoms. The molecule has 0 aliphatic heterocycles. The van der Waals surface area contributed by atoms with Gasteiger partial charge in [0.1, 0.15) is 18.5 Å². The molecular formula is C21H32N2O7. The van der Waals surface area contributed by atoms with E-state index in [0.29, 0.717) is 24.7 Å². The second-order valence-corrected chi connectivity index (χ2v) is 7.04. The molecule has 0 aliphatic rings. The van der Waals surface area contributed by atoms with Gasteiger partial charge in [-0.25, -0.2) is 9.59 Å². The predicted octanol–water partition coefficient (Wildman–Crippen LogP) is 2.02. The molecule has 0 saturated carbocycles. The molecule has 30 heavy (non-hydrogen) atoms. The van der Waals surface area contributed by atoms with Gasteiger partial charge in [-0.3, -0.25) is 4.79 Å². The van der Waals surface area contributed by atoms with E-state index in [1.807, 2.05) is 40.7 Å². The van der Waals surface area contributed by atoms with Gasteiger partial charge in [-0.1, -0.05) is 13.8 Å².